The van der Waals surface area contributed by atoms with Crippen molar-refractivity contribution >= 4 is 21.8 Å². The van der Waals surface area contributed by atoms with Gasteiger partial charge in [0.15, 0.2) is 17.5 Å². The summed E-state index contributed by atoms with van der Waals surface area (Å²) in [6, 6.07) is 1.75. The van der Waals surface area contributed by atoms with Crippen molar-refractivity contribution in [3.05, 3.63) is 35.1 Å². The van der Waals surface area contributed by atoms with Gasteiger partial charge in [-0.05, 0) is 24.5 Å². The van der Waals surface area contributed by atoms with E-state index in [1.807, 2.05) is 0 Å². The molecule has 2 rings (SSSR count). The lowest BCUT2D eigenvalue weighted by Gasteiger charge is -2.34. The van der Waals surface area contributed by atoms with Crippen LogP contribution in [-0.4, -0.2) is 28.7 Å². The van der Waals surface area contributed by atoms with E-state index >= 15 is 0 Å². The van der Waals surface area contributed by atoms with E-state index in [1.54, 1.807) is 0 Å². The molecule has 19 heavy (non-hydrogen) atoms. The second-order valence-corrected chi connectivity index (χ2v) is 5.93. The molecule has 1 saturated heterocycles. The highest BCUT2D eigenvalue weighted by molar-refractivity contribution is 9.09. The first-order chi connectivity index (χ1) is 8.91. The van der Waals surface area contributed by atoms with Crippen LogP contribution in [0.3, 0.4) is 0 Å². The monoisotopic (exact) mass is 335 g/mol. The summed E-state index contributed by atoms with van der Waals surface area (Å²) in [5, 5.41) is 0. The Morgan fingerprint density at radius 3 is 2.63 bits per heavy atom. The predicted octanol–water partition coefficient (Wildman–Crippen LogP) is 3.35. The largest absolute Gasteiger partial charge is 0.337 e. The fourth-order valence-corrected chi connectivity index (χ4v) is 2.68. The van der Waals surface area contributed by atoms with Crippen LogP contribution in [0.2, 0.25) is 0 Å². The summed E-state index contributed by atoms with van der Waals surface area (Å²) >= 11 is 3.46. The zero-order valence-electron chi connectivity index (χ0n) is 10.3. The van der Waals surface area contributed by atoms with Crippen LogP contribution in [0, 0.1) is 23.4 Å². The van der Waals surface area contributed by atoms with Crippen molar-refractivity contribution in [3.8, 4) is 0 Å². The molecule has 2 nitrogen and oxygen atoms in total. The van der Waals surface area contributed by atoms with Crippen LogP contribution in [0.4, 0.5) is 13.2 Å². The molecule has 0 bridgehead atoms. The van der Waals surface area contributed by atoms with Gasteiger partial charge in [-0.25, -0.2) is 13.2 Å². The molecule has 104 valence electrons. The number of nitrogens with zero attached hydrogens (tertiary/aromatic N) is 1. The summed E-state index contributed by atoms with van der Waals surface area (Å²) in [5.41, 5.74) is -0.423. The Labute approximate surface area is 117 Å². The predicted molar refractivity (Wildman–Crippen MR) is 68.7 cm³/mol. The molecular weight excluding hydrogens is 323 g/mol. The first kappa shape index (κ1) is 14.4. The Hall–Kier alpha value is -1.04. The van der Waals surface area contributed by atoms with Gasteiger partial charge in [-0.15, -0.1) is 0 Å². The number of piperidine rings is 1. The number of alkyl halides is 1. The Balaban J connectivity index is 2.23. The van der Waals surface area contributed by atoms with Crippen LogP contribution in [0.25, 0.3) is 0 Å². The Bertz CT molecular complexity index is 509. The smallest absolute Gasteiger partial charge is 0.256 e. The number of rotatable bonds is 1. The van der Waals surface area contributed by atoms with E-state index < -0.39 is 28.9 Å². The van der Waals surface area contributed by atoms with Crippen LogP contribution in [-0.2, 0) is 0 Å². The molecule has 6 heteroatoms. The lowest BCUT2D eigenvalue weighted by Crippen LogP contribution is -2.43. The lowest BCUT2D eigenvalue weighted by atomic mass is 9.98. The molecule has 1 aliphatic heterocycles. The van der Waals surface area contributed by atoms with Crippen molar-refractivity contribution in [1.82, 2.24) is 4.90 Å². The summed E-state index contributed by atoms with van der Waals surface area (Å²) in [6.07, 6.45) is 0.785. The molecule has 1 aromatic carbocycles. The van der Waals surface area contributed by atoms with Gasteiger partial charge < -0.3 is 4.90 Å². The van der Waals surface area contributed by atoms with Gasteiger partial charge in [0.1, 0.15) is 0 Å². The first-order valence-corrected chi connectivity index (χ1v) is 6.90. The van der Waals surface area contributed by atoms with Gasteiger partial charge in [-0.1, -0.05) is 22.9 Å². The molecule has 1 heterocycles. The van der Waals surface area contributed by atoms with Crippen molar-refractivity contribution in [2.75, 3.05) is 13.1 Å². The summed E-state index contributed by atoms with van der Waals surface area (Å²) in [6.45, 7) is 2.97. The number of carbonyl (C=O) groups is 1. The van der Waals surface area contributed by atoms with Crippen molar-refractivity contribution in [2.45, 2.75) is 18.2 Å². The third-order valence-corrected chi connectivity index (χ3v) is 4.61. The number of likely N-dealkylation sites (tertiary alicyclic amines) is 1. The Morgan fingerprint density at radius 2 is 2.00 bits per heavy atom. The maximum Gasteiger partial charge on any atom is 0.256 e. The minimum atomic E-state index is -1.60. The average Bonchev–Trinajstić information content (AvgIpc) is 2.39. The van der Waals surface area contributed by atoms with Crippen LogP contribution >= 0.6 is 15.9 Å². The van der Waals surface area contributed by atoms with E-state index in [1.165, 1.54) is 4.90 Å². The highest BCUT2D eigenvalue weighted by Gasteiger charge is 2.29. The molecule has 0 radical (unpaired) electrons. The normalized spacial score (nSPS) is 23.5. The van der Waals surface area contributed by atoms with Crippen LogP contribution in [0.5, 0.6) is 0 Å². The third-order valence-electron chi connectivity index (χ3n) is 3.42. The van der Waals surface area contributed by atoms with E-state index in [9.17, 15) is 18.0 Å². The molecule has 0 aromatic heterocycles. The maximum atomic E-state index is 13.6. The van der Waals surface area contributed by atoms with Crippen LogP contribution in [0.1, 0.15) is 23.7 Å². The second-order valence-electron chi connectivity index (χ2n) is 4.76. The quantitative estimate of drug-likeness (QED) is 0.569. The molecule has 2 atom stereocenters. The van der Waals surface area contributed by atoms with E-state index in [2.05, 4.69) is 22.9 Å². The number of hydrogen-bond donors (Lipinski definition) is 0. The molecule has 1 aliphatic rings. The SMILES string of the molecule is CC1CCN(C(=O)c2ccc(F)c(F)c2F)CC1Br. The fraction of sp³-hybridized carbons (Fsp3) is 0.462. The summed E-state index contributed by atoms with van der Waals surface area (Å²) in [5.74, 6) is -4.51. The molecule has 0 spiro atoms. The van der Waals surface area contributed by atoms with Gasteiger partial charge >= 0.3 is 0 Å². The van der Waals surface area contributed by atoms with Crippen LogP contribution < -0.4 is 0 Å². The van der Waals surface area contributed by atoms with Crippen molar-refractivity contribution in [3.63, 3.8) is 0 Å². The second kappa shape index (κ2) is 5.53. The molecule has 0 N–H and O–H groups in total. The van der Waals surface area contributed by atoms with Crippen molar-refractivity contribution in [2.24, 2.45) is 5.92 Å². The van der Waals surface area contributed by atoms with Crippen molar-refractivity contribution < 1.29 is 18.0 Å². The standard InChI is InChI=1S/C13H13BrF3NO/c1-7-4-5-18(6-9(7)14)13(19)8-2-3-10(15)12(17)11(8)16/h2-3,7,9H,4-6H2,1H3. The summed E-state index contributed by atoms with van der Waals surface area (Å²) in [4.78, 5) is 13.7. The molecule has 0 saturated carbocycles. The highest BCUT2D eigenvalue weighted by atomic mass is 79.9. The van der Waals surface area contributed by atoms with E-state index in [-0.39, 0.29) is 4.83 Å². The fourth-order valence-electron chi connectivity index (χ4n) is 2.07. The van der Waals surface area contributed by atoms with Gasteiger partial charge in [-0.3, -0.25) is 4.79 Å². The van der Waals surface area contributed by atoms with E-state index in [0.717, 1.165) is 18.6 Å². The maximum absolute atomic E-state index is 13.6. The van der Waals surface area contributed by atoms with E-state index in [4.69, 9.17) is 0 Å². The van der Waals surface area contributed by atoms with Gasteiger partial charge in [0.05, 0.1) is 5.56 Å². The van der Waals surface area contributed by atoms with Gasteiger partial charge in [0.25, 0.3) is 5.91 Å². The summed E-state index contributed by atoms with van der Waals surface area (Å²) in [7, 11) is 0. The minimum absolute atomic E-state index is 0.124. The Morgan fingerprint density at radius 1 is 1.32 bits per heavy atom. The molecule has 0 aliphatic carbocycles. The molecule has 1 fully saturated rings. The van der Waals surface area contributed by atoms with Gasteiger partial charge in [-0.2, -0.15) is 0 Å². The zero-order chi connectivity index (χ0) is 14.2. The highest BCUT2D eigenvalue weighted by Crippen LogP contribution is 2.25. The van der Waals surface area contributed by atoms with Crippen LogP contribution in [0.15, 0.2) is 12.1 Å². The number of hydrogen-bond acceptors (Lipinski definition) is 1. The molecule has 2 unspecified atom stereocenters. The number of benzene rings is 1. The first-order valence-electron chi connectivity index (χ1n) is 5.98. The van der Waals surface area contributed by atoms with Gasteiger partial charge in [0, 0.05) is 17.9 Å². The minimum Gasteiger partial charge on any atom is -0.337 e. The van der Waals surface area contributed by atoms with Gasteiger partial charge in [0.2, 0.25) is 0 Å². The Kier molecular flexibility index (Phi) is 4.18. The molecular formula is C13H13BrF3NO. The average molecular weight is 336 g/mol. The number of amides is 1. The number of carbonyl (C=O) groups excluding carboxylic acids is 1. The topological polar surface area (TPSA) is 20.3 Å². The summed E-state index contributed by atoms with van der Waals surface area (Å²) < 4.78 is 39.5. The molecule has 1 amide bonds. The lowest BCUT2D eigenvalue weighted by molar-refractivity contribution is 0.0700. The van der Waals surface area contributed by atoms with E-state index in [0.29, 0.717) is 19.0 Å². The molecule has 1 aromatic rings. The number of halogens is 4. The zero-order valence-corrected chi connectivity index (χ0v) is 11.9. The third kappa shape index (κ3) is 2.78. The van der Waals surface area contributed by atoms with Crippen molar-refractivity contribution in [1.29, 1.82) is 0 Å².